The molecule has 0 spiro atoms. The first kappa shape index (κ1) is 23.4. The van der Waals surface area contributed by atoms with Crippen LogP contribution in [-0.2, 0) is 15.7 Å². The molecule has 0 aliphatic carbocycles. The van der Waals surface area contributed by atoms with Crippen molar-refractivity contribution in [2.24, 2.45) is 0 Å². The largest absolute Gasteiger partial charge is 0.464 e. The normalized spacial score (nSPS) is 12.9. The highest BCUT2D eigenvalue weighted by atomic mass is 19.4. The molecule has 0 aromatic carbocycles. The SMILES string of the molecule is C=CCCC(O)c1nc(C(=O)OC)c(NC(=O)OC(C)(C)C)cc1C(F)(F)F. The standard InChI is InChI=1S/C18H23F3N2O5/c1-6-7-8-12(24)13-10(18(19,20)21)9-11(14(23-13)15(25)27-5)22-16(26)28-17(2,3)4/h6,9,12,24H,1,7-8H2,2-5H3,(H,22,26). The van der Waals surface area contributed by atoms with Crippen molar-refractivity contribution >= 4 is 17.7 Å². The number of rotatable bonds is 6. The Labute approximate surface area is 160 Å². The first-order chi connectivity index (χ1) is 12.8. The highest BCUT2D eigenvalue weighted by Crippen LogP contribution is 2.37. The zero-order valence-corrected chi connectivity index (χ0v) is 16.0. The fourth-order valence-electron chi connectivity index (χ4n) is 2.18. The fourth-order valence-corrected chi connectivity index (χ4v) is 2.18. The Morgan fingerprint density at radius 3 is 2.43 bits per heavy atom. The monoisotopic (exact) mass is 404 g/mol. The van der Waals surface area contributed by atoms with Crippen molar-refractivity contribution in [2.75, 3.05) is 12.4 Å². The van der Waals surface area contributed by atoms with Gasteiger partial charge in [-0.05, 0) is 39.7 Å². The minimum absolute atomic E-state index is 0.0843. The molecule has 1 amide bonds. The molecule has 0 aliphatic heterocycles. The predicted octanol–water partition coefficient (Wildman–Crippen LogP) is 4.23. The molecule has 156 valence electrons. The van der Waals surface area contributed by atoms with Crippen LogP contribution < -0.4 is 5.32 Å². The molecule has 1 aromatic heterocycles. The van der Waals surface area contributed by atoms with Gasteiger partial charge in [-0.3, -0.25) is 5.32 Å². The van der Waals surface area contributed by atoms with E-state index in [0.717, 1.165) is 7.11 Å². The number of hydrogen-bond acceptors (Lipinski definition) is 6. The first-order valence-corrected chi connectivity index (χ1v) is 8.29. The Morgan fingerprint density at radius 1 is 1.36 bits per heavy atom. The second-order valence-electron chi connectivity index (χ2n) is 6.82. The smallest absolute Gasteiger partial charge is 0.418 e. The number of aromatic nitrogens is 1. The van der Waals surface area contributed by atoms with Crippen molar-refractivity contribution in [3.05, 3.63) is 35.7 Å². The molecule has 0 fully saturated rings. The lowest BCUT2D eigenvalue weighted by molar-refractivity contribution is -0.139. The molecular weight excluding hydrogens is 381 g/mol. The number of halogens is 3. The molecule has 0 aliphatic rings. The maximum absolute atomic E-state index is 13.5. The third kappa shape index (κ3) is 6.52. The van der Waals surface area contributed by atoms with E-state index in [9.17, 15) is 27.9 Å². The average molecular weight is 404 g/mol. The number of ether oxygens (including phenoxy) is 2. The van der Waals surface area contributed by atoms with Gasteiger partial charge in [-0.15, -0.1) is 6.58 Å². The summed E-state index contributed by atoms with van der Waals surface area (Å²) in [6.07, 6.45) is -6.00. The number of allylic oxidation sites excluding steroid dienone is 1. The van der Waals surface area contributed by atoms with Gasteiger partial charge in [-0.2, -0.15) is 13.2 Å². The molecule has 2 N–H and O–H groups in total. The van der Waals surface area contributed by atoms with Gasteiger partial charge in [-0.1, -0.05) is 6.08 Å². The molecule has 28 heavy (non-hydrogen) atoms. The van der Waals surface area contributed by atoms with Crippen LogP contribution in [0.25, 0.3) is 0 Å². The highest BCUT2D eigenvalue weighted by Gasteiger charge is 2.38. The summed E-state index contributed by atoms with van der Waals surface area (Å²) in [5.74, 6) is -1.09. The zero-order valence-electron chi connectivity index (χ0n) is 16.0. The Balaban J connectivity index is 3.51. The summed E-state index contributed by atoms with van der Waals surface area (Å²) in [4.78, 5) is 27.6. The number of carbonyl (C=O) groups is 2. The summed E-state index contributed by atoms with van der Waals surface area (Å²) in [6, 6.07) is 0.523. The predicted molar refractivity (Wildman–Crippen MR) is 94.8 cm³/mol. The lowest BCUT2D eigenvalue weighted by Crippen LogP contribution is -2.28. The van der Waals surface area contributed by atoms with E-state index >= 15 is 0 Å². The van der Waals surface area contributed by atoms with E-state index in [2.05, 4.69) is 21.6 Å². The minimum Gasteiger partial charge on any atom is -0.464 e. The Bertz CT molecular complexity index is 742. The van der Waals surface area contributed by atoms with Crippen molar-refractivity contribution in [1.82, 2.24) is 4.98 Å². The first-order valence-electron chi connectivity index (χ1n) is 8.29. The Kier molecular flexibility index (Phi) is 7.57. The van der Waals surface area contributed by atoms with Crippen molar-refractivity contribution in [1.29, 1.82) is 0 Å². The van der Waals surface area contributed by atoms with Gasteiger partial charge in [0.15, 0.2) is 5.69 Å². The number of anilines is 1. The summed E-state index contributed by atoms with van der Waals surface area (Å²) in [5.41, 5.74) is -4.09. The number of aliphatic hydroxyl groups excluding tert-OH is 1. The number of pyridine rings is 1. The third-order valence-electron chi connectivity index (χ3n) is 3.33. The number of nitrogens with zero attached hydrogens (tertiary/aromatic N) is 1. The van der Waals surface area contributed by atoms with Crippen LogP contribution in [0.2, 0.25) is 0 Å². The van der Waals surface area contributed by atoms with Crippen LogP contribution >= 0.6 is 0 Å². The van der Waals surface area contributed by atoms with E-state index in [4.69, 9.17) is 4.74 Å². The van der Waals surface area contributed by atoms with E-state index in [1.54, 1.807) is 20.8 Å². The minimum atomic E-state index is -4.89. The van der Waals surface area contributed by atoms with Gasteiger partial charge in [0.1, 0.15) is 5.60 Å². The molecule has 1 aromatic rings. The van der Waals surface area contributed by atoms with Gasteiger partial charge in [0.05, 0.1) is 30.2 Å². The zero-order chi connectivity index (χ0) is 21.7. The van der Waals surface area contributed by atoms with Crippen molar-refractivity contribution in [3.63, 3.8) is 0 Å². The molecule has 0 bridgehead atoms. The molecule has 1 heterocycles. The van der Waals surface area contributed by atoms with Crippen LogP contribution in [0.5, 0.6) is 0 Å². The van der Waals surface area contributed by atoms with E-state index in [0.29, 0.717) is 6.07 Å². The molecule has 1 atom stereocenters. The summed E-state index contributed by atoms with van der Waals surface area (Å²) >= 11 is 0. The molecule has 0 saturated carbocycles. The topological polar surface area (TPSA) is 97.8 Å². The number of carbonyl (C=O) groups excluding carboxylic acids is 2. The quantitative estimate of drug-likeness (QED) is 0.544. The van der Waals surface area contributed by atoms with Gasteiger partial charge in [0.25, 0.3) is 0 Å². The number of hydrogen-bond donors (Lipinski definition) is 2. The van der Waals surface area contributed by atoms with Crippen LogP contribution in [-0.4, -0.2) is 34.9 Å². The summed E-state index contributed by atoms with van der Waals surface area (Å²) < 4.78 is 50.0. The van der Waals surface area contributed by atoms with Gasteiger partial charge < -0.3 is 14.6 Å². The third-order valence-corrected chi connectivity index (χ3v) is 3.33. The number of methoxy groups -OCH3 is 1. The molecule has 7 nitrogen and oxygen atoms in total. The van der Waals surface area contributed by atoms with E-state index < -0.39 is 52.6 Å². The van der Waals surface area contributed by atoms with E-state index in [-0.39, 0.29) is 12.8 Å². The number of amides is 1. The molecule has 1 unspecified atom stereocenters. The fraction of sp³-hybridized carbons (Fsp3) is 0.500. The Morgan fingerprint density at radius 2 is 1.96 bits per heavy atom. The number of alkyl halides is 3. The number of esters is 1. The summed E-state index contributed by atoms with van der Waals surface area (Å²) in [7, 11) is 1.01. The van der Waals surface area contributed by atoms with Crippen LogP contribution in [0.4, 0.5) is 23.7 Å². The summed E-state index contributed by atoms with van der Waals surface area (Å²) in [5, 5.41) is 12.2. The number of aliphatic hydroxyl groups is 1. The van der Waals surface area contributed by atoms with Crippen molar-refractivity contribution < 1.29 is 37.3 Å². The van der Waals surface area contributed by atoms with Crippen LogP contribution in [0.1, 0.15) is 61.5 Å². The maximum Gasteiger partial charge on any atom is 0.418 e. The second-order valence-corrected chi connectivity index (χ2v) is 6.82. The van der Waals surface area contributed by atoms with Crippen molar-refractivity contribution in [2.45, 2.75) is 51.5 Å². The molecule has 0 radical (unpaired) electrons. The number of nitrogens with one attached hydrogen (secondary N) is 1. The van der Waals surface area contributed by atoms with Crippen LogP contribution in [0, 0.1) is 0 Å². The molecular formula is C18H23F3N2O5. The average Bonchev–Trinajstić information content (AvgIpc) is 2.56. The summed E-state index contributed by atoms with van der Waals surface area (Å²) in [6.45, 7) is 8.13. The molecule has 10 heteroatoms. The maximum atomic E-state index is 13.5. The Hall–Kier alpha value is -2.62. The van der Waals surface area contributed by atoms with Gasteiger partial charge in [-0.25, -0.2) is 14.6 Å². The van der Waals surface area contributed by atoms with E-state index in [1.807, 2.05) is 0 Å². The van der Waals surface area contributed by atoms with Crippen LogP contribution in [0.15, 0.2) is 18.7 Å². The molecule has 1 rings (SSSR count). The van der Waals surface area contributed by atoms with E-state index in [1.165, 1.54) is 6.08 Å². The second kappa shape index (κ2) is 9.05. The van der Waals surface area contributed by atoms with Gasteiger partial charge >= 0.3 is 18.2 Å². The highest BCUT2D eigenvalue weighted by molar-refractivity contribution is 5.98. The van der Waals surface area contributed by atoms with Crippen LogP contribution in [0.3, 0.4) is 0 Å². The lowest BCUT2D eigenvalue weighted by Gasteiger charge is -2.22. The molecule has 0 saturated heterocycles. The van der Waals surface area contributed by atoms with Gasteiger partial charge in [0, 0.05) is 0 Å². The van der Waals surface area contributed by atoms with Gasteiger partial charge in [0.2, 0.25) is 0 Å². The lowest BCUT2D eigenvalue weighted by atomic mass is 10.0. The van der Waals surface area contributed by atoms with Crippen molar-refractivity contribution in [3.8, 4) is 0 Å².